The minimum Gasteiger partial charge on any atom is -0.490 e. The van der Waals surface area contributed by atoms with Crippen molar-refractivity contribution in [2.24, 2.45) is 0 Å². The summed E-state index contributed by atoms with van der Waals surface area (Å²) in [6.07, 6.45) is 2.41. The van der Waals surface area contributed by atoms with Gasteiger partial charge in [0.2, 0.25) is 5.91 Å². The average molecular weight is 626 g/mol. The van der Waals surface area contributed by atoms with Gasteiger partial charge in [-0.05, 0) is 29.7 Å². The van der Waals surface area contributed by atoms with E-state index in [0.29, 0.717) is 65.0 Å². The predicted octanol–water partition coefficient (Wildman–Crippen LogP) is 6.45. The van der Waals surface area contributed by atoms with Crippen molar-refractivity contribution >= 4 is 38.7 Å². The van der Waals surface area contributed by atoms with Gasteiger partial charge in [0.15, 0.2) is 0 Å². The number of pyridine rings is 1. The molecule has 0 fully saturated rings. The highest BCUT2D eigenvalue weighted by molar-refractivity contribution is 7.18. The molecule has 1 aliphatic rings. The topological polar surface area (TPSA) is 82.4 Å². The predicted molar refractivity (Wildman–Crippen MR) is 160 cm³/mol. The number of hydrogen-bond acceptors (Lipinski definition) is 8. The maximum Gasteiger partial charge on any atom is 0.257 e. The Labute approximate surface area is 253 Å². The fraction of sp³-hybridized carbons (Fsp3) is 0.267. The molecule has 0 radical (unpaired) electrons. The van der Waals surface area contributed by atoms with E-state index in [4.69, 9.17) is 19.4 Å². The summed E-state index contributed by atoms with van der Waals surface area (Å²) in [6.45, 7) is 4.53. The molecule has 4 aromatic heterocycles. The van der Waals surface area contributed by atoms with E-state index < -0.39 is 18.8 Å². The summed E-state index contributed by atoms with van der Waals surface area (Å²) in [5, 5.41) is 7.46. The number of alkyl halides is 2. The Morgan fingerprint density at radius 2 is 2.07 bits per heavy atom. The minimum atomic E-state index is -2.55. The number of fused-ring (bicyclic) bond motifs is 2. The van der Waals surface area contributed by atoms with Crippen LogP contribution in [-0.2, 0) is 29.0 Å². The van der Waals surface area contributed by atoms with Gasteiger partial charge in [0.05, 0.1) is 30.7 Å². The van der Waals surface area contributed by atoms with Crippen LogP contribution in [0.5, 0.6) is 5.75 Å². The number of amides is 1. The van der Waals surface area contributed by atoms with Gasteiger partial charge < -0.3 is 14.4 Å². The van der Waals surface area contributed by atoms with Crippen LogP contribution in [-0.4, -0.2) is 63.8 Å². The van der Waals surface area contributed by atoms with Crippen LogP contribution in [0.15, 0.2) is 54.7 Å². The van der Waals surface area contributed by atoms with Crippen molar-refractivity contribution in [3.63, 3.8) is 0 Å². The lowest BCUT2D eigenvalue weighted by molar-refractivity contribution is -0.126. The molecule has 0 spiro atoms. The fourth-order valence-corrected chi connectivity index (χ4v) is 7.12. The summed E-state index contributed by atoms with van der Waals surface area (Å²) in [7, 11) is 1.56. The number of hydrogen-bond donors (Lipinski definition) is 0. The first kappa shape index (κ1) is 29.0. The Balaban J connectivity index is 1.56. The number of halogens is 3. The molecule has 0 N–H and O–H groups in total. The largest absolute Gasteiger partial charge is 0.490 e. The zero-order chi connectivity index (χ0) is 30.1. The first-order valence-electron chi connectivity index (χ1n) is 13.4. The summed E-state index contributed by atoms with van der Waals surface area (Å²) in [6, 6.07) is 6.29. The number of aromatic nitrogens is 4. The molecule has 8 nitrogen and oxygen atoms in total. The lowest BCUT2D eigenvalue weighted by Gasteiger charge is -2.24. The van der Waals surface area contributed by atoms with E-state index in [-0.39, 0.29) is 12.5 Å². The van der Waals surface area contributed by atoms with Crippen molar-refractivity contribution in [2.75, 3.05) is 26.9 Å². The normalized spacial score (nSPS) is 13.1. The summed E-state index contributed by atoms with van der Waals surface area (Å²) >= 11 is 2.91. The summed E-state index contributed by atoms with van der Waals surface area (Å²) < 4.78 is 53.8. The number of thiophene rings is 1. The fourth-order valence-electron chi connectivity index (χ4n) is 5.05. The number of ether oxygens (including phenoxy) is 2. The van der Waals surface area contributed by atoms with Crippen LogP contribution in [0.4, 0.5) is 13.2 Å². The van der Waals surface area contributed by atoms with E-state index in [1.165, 1.54) is 51.8 Å². The monoisotopic (exact) mass is 625 g/mol. The highest BCUT2D eigenvalue weighted by atomic mass is 32.1. The lowest BCUT2D eigenvalue weighted by Crippen LogP contribution is -2.34. The maximum atomic E-state index is 14.5. The quantitative estimate of drug-likeness (QED) is 0.131. The molecule has 0 saturated carbocycles. The third-order valence-electron chi connectivity index (χ3n) is 7.02. The molecule has 0 saturated heterocycles. The van der Waals surface area contributed by atoms with Gasteiger partial charge in [-0.15, -0.1) is 22.7 Å². The van der Waals surface area contributed by atoms with Crippen LogP contribution < -0.4 is 4.74 Å². The van der Waals surface area contributed by atoms with Crippen LogP contribution >= 0.6 is 22.7 Å². The van der Waals surface area contributed by atoms with Gasteiger partial charge in [-0.1, -0.05) is 6.58 Å². The van der Waals surface area contributed by atoms with E-state index in [1.54, 1.807) is 24.3 Å². The number of nitrogens with zero attached hydrogens (tertiary/aromatic N) is 5. The standard InChI is InChI=1S/C30H26F3N5O3S2/c1-3-25(39)37-8-6-21-23(15-37)43-30(35-21)28-26(19-5-4-18(31)12-22(19)41-10-9-40-2)29-20(7-11-42-29)27(36-28)17-13-34-38(14-17)16-24(32)33/h3-5,7,11-14,24H,1,6,8-10,15-16H2,2H3. The number of thiazole rings is 1. The number of benzene rings is 1. The number of carbonyl (C=O) groups is 1. The second-order valence-electron chi connectivity index (χ2n) is 9.77. The van der Waals surface area contributed by atoms with Crippen LogP contribution in [0.1, 0.15) is 10.6 Å². The van der Waals surface area contributed by atoms with Gasteiger partial charge in [0.1, 0.15) is 35.4 Å². The first-order chi connectivity index (χ1) is 20.9. The molecule has 0 atom stereocenters. The molecule has 222 valence electrons. The minimum absolute atomic E-state index is 0.147. The Kier molecular flexibility index (Phi) is 8.28. The molecule has 0 bridgehead atoms. The molecule has 5 heterocycles. The molecule has 6 rings (SSSR count). The van der Waals surface area contributed by atoms with Crippen molar-refractivity contribution in [2.45, 2.75) is 25.9 Å². The SMILES string of the molecule is C=CC(=O)N1CCc2nc(-c3nc(-c4cnn(CC(F)F)c4)c4ccsc4c3-c3ccc(F)cc3OCCOC)sc2C1. The van der Waals surface area contributed by atoms with Gasteiger partial charge in [-0.3, -0.25) is 9.48 Å². The van der Waals surface area contributed by atoms with Crippen molar-refractivity contribution in [3.05, 3.63) is 71.1 Å². The Morgan fingerprint density at radius 1 is 1.21 bits per heavy atom. The zero-order valence-corrected chi connectivity index (χ0v) is 24.7. The van der Waals surface area contributed by atoms with Gasteiger partial charge in [-0.2, -0.15) is 5.10 Å². The second-order valence-corrected chi connectivity index (χ2v) is 11.8. The van der Waals surface area contributed by atoms with Crippen molar-refractivity contribution in [1.82, 2.24) is 24.6 Å². The van der Waals surface area contributed by atoms with Gasteiger partial charge in [0.25, 0.3) is 6.43 Å². The highest BCUT2D eigenvalue weighted by Gasteiger charge is 2.28. The van der Waals surface area contributed by atoms with Crippen LogP contribution in [0.25, 0.3) is 43.2 Å². The van der Waals surface area contributed by atoms with E-state index in [9.17, 15) is 18.0 Å². The number of rotatable bonds is 10. The highest BCUT2D eigenvalue weighted by Crippen LogP contribution is 2.47. The molecule has 43 heavy (non-hydrogen) atoms. The smallest absolute Gasteiger partial charge is 0.257 e. The molecular formula is C30H26F3N5O3S2. The second kappa shape index (κ2) is 12.3. The summed E-state index contributed by atoms with van der Waals surface area (Å²) in [4.78, 5) is 25.0. The van der Waals surface area contributed by atoms with Crippen molar-refractivity contribution in [1.29, 1.82) is 0 Å². The lowest BCUT2D eigenvalue weighted by atomic mass is 9.99. The Morgan fingerprint density at radius 3 is 2.86 bits per heavy atom. The third kappa shape index (κ3) is 5.79. The molecule has 1 amide bonds. The van der Waals surface area contributed by atoms with Crippen LogP contribution in [0.2, 0.25) is 0 Å². The Bertz CT molecular complexity index is 1820. The molecule has 1 aliphatic heterocycles. The number of carbonyl (C=O) groups excluding carboxylic acids is 1. The number of methoxy groups -OCH3 is 1. The molecule has 1 aromatic carbocycles. The van der Waals surface area contributed by atoms with Crippen molar-refractivity contribution < 1.29 is 27.4 Å². The van der Waals surface area contributed by atoms with Crippen LogP contribution in [0, 0.1) is 5.82 Å². The zero-order valence-electron chi connectivity index (χ0n) is 23.1. The Hall–Kier alpha value is -4.07. The summed E-state index contributed by atoms with van der Waals surface area (Å²) in [5.74, 6) is -0.268. The summed E-state index contributed by atoms with van der Waals surface area (Å²) in [5.41, 5.74) is 3.91. The molecule has 0 aliphatic carbocycles. The molecule has 13 heteroatoms. The van der Waals surface area contributed by atoms with Gasteiger partial charge in [-0.25, -0.2) is 23.1 Å². The molecule has 5 aromatic rings. The van der Waals surface area contributed by atoms with Gasteiger partial charge >= 0.3 is 0 Å². The van der Waals surface area contributed by atoms with E-state index in [0.717, 1.165) is 20.7 Å². The third-order valence-corrected chi connectivity index (χ3v) is 9.04. The molecular weight excluding hydrogens is 599 g/mol. The van der Waals surface area contributed by atoms with Gasteiger partial charge in [0, 0.05) is 64.0 Å². The van der Waals surface area contributed by atoms with E-state index in [1.807, 2.05) is 11.4 Å². The molecule has 0 unspecified atom stereocenters. The first-order valence-corrected chi connectivity index (χ1v) is 15.1. The van der Waals surface area contributed by atoms with E-state index >= 15 is 0 Å². The van der Waals surface area contributed by atoms with E-state index in [2.05, 4.69) is 11.7 Å². The average Bonchev–Trinajstić information content (AvgIpc) is 3.76. The van der Waals surface area contributed by atoms with Crippen molar-refractivity contribution in [3.8, 4) is 38.8 Å². The van der Waals surface area contributed by atoms with Crippen LogP contribution in [0.3, 0.4) is 0 Å². The maximum absolute atomic E-state index is 14.5.